The van der Waals surface area contributed by atoms with Crippen LogP contribution in [0.2, 0.25) is 0 Å². The molecular formula is C21H17N3O3S. The molecule has 0 saturated carbocycles. The van der Waals surface area contributed by atoms with Crippen LogP contribution < -0.4 is 14.8 Å². The van der Waals surface area contributed by atoms with Crippen molar-refractivity contribution in [3.05, 3.63) is 77.3 Å². The Kier molecular flexibility index (Phi) is 5.16. The van der Waals surface area contributed by atoms with Crippen LogP contribution in [0.25, 0.3) is 10.8 Å². The van der Waals surface area contributed by atoms with Gasteiger partial charge in [0.25, 0.3) is 5.91 Å². The lowest BCUT2D eigenvalue weighted by atomic mass is 10.1. The van der Waals surface area contributed by atoms with Gasteiger partial charge < -0.3 is 9.47 Å². The van der Waals surface area contributed by atoms with E-state index in [2.05, 4.69) is 21.6 Å². The van der Waals surface area contributed by atoms with E-state index >= 15 is 0 Å². The molecule has 6 nitrogen and oxygen atoms in total. The summed E-state index contributed by atoms with van der Waals surface area (Å²) >= 11 is 1.28. The number of methoxy groups -OCH3 is 1. The molecule has 1 amide bonds. The number of ether oxygens (including phenoxy) is 2. The standard InChI is InChI=1S/C21H17N3O3S/c1-26-17-9-7-15(8-10-17)20(25)22-21-24-23-19(28-21)13-27-18-11-6-14-4-2-3-5-16(14)12-18/h2-12H,13H2,1H3,(H,22,24,25). The summed E-state index contributed by atoms with van der Waals surface area (Å²) in [6.45, 7) is 0.286. The number of hydrogen-bond donors (Lipinski definition) is 1. The molecule has 1 N–H and O–H groups in total. The quantitative estimate of drug-likeness (QED) is 0.523. The monoisotopic (exact) mass is 391 g/mol. The molecule has 3 aromatic carbocycles. The first-order valence-electron chi connectivity index (χ1n) is 8.61. The first-order chi connectivity index (χ1) is 13.7. The number of hydrogen-bond acceptors (Lipinski definition) is 6. The lowest BCUT2D eigenvalue weighted by Gasteiger charge is -2.05. The predicted octanol–water partition coefficient (Wildman–Crippen LogP) is 4.53. The van der Waals surface area contributed by atoms with Gasteiger partial charge in [-0.1, -0.05) is 41.7 Å². The second-order valence-corrected chi connectivity index (χ2v) is 7.04. The van der Waals surface area contributed by atoms with E-state index in [1.165, 1.54) is 11.3 Å². The van der Waals surface area contributed by atoms with Gasteiger partial charge in [0.2, 0.25) is 5.13 Å². The fourth-order valence-electron chi connectivity index (χ4n) is 2.68. The third-order valence-corrected chi connectivity index (χ3v) is 4.93. The Morgan fingerprint density at radius 1 is 0.964 bits per heavy atom. The largest absolute Gasteiger partial charge is 0.497 e. The molecule has 28 heavy (non-hydrogen) atoms. The normalized spacial score (nSPS) is 10.6. The van der Waals surface area contributed by atoms with Crippen LogP contribution in [0.1, 0.15) is 15.4 Å². The molecule has 0 unspecified atom stereocenters. The summed E-state index contributed by atoms with van der Waals surface area (Å²) in [4.78, 5) is 12.3. The number of fused-ring (bicyclic) bond motifs is 1. The molecular weight excluding hydrogens is 374 g/mol. The Labute approximate surface area is 165 Å². The minimum Gasteiger partial charge on any atom is -0.497 e. The molecule has 7 heteroatoms. The lowest BCUT2D eigenvalue weighted by Crippen LogP contribution is -2.11. The van der Waals surface area contributed by atoms with Crippen molar-refractivity contribution in [2.45, 2.75) is 6.61 Å². The minimum atomic E-state index is -0.249. The minimum absolute atomic E-state index is 0.249. The Hall–Kier alpha value is -3.45. The number of carbonyl (C=O) groups excluding carboxylic acids is 1. The molecule has 4 rings (SSSR count). The van der Waals surface area contributed by atoms with Crippen molar-refractivity contribution in [2.75, 3.05) is 12.4 Å². The number of nitrogens with one attached hydrogen (secondary N) is 1. The summed E-state index contributed by atoms with van der Waals surface area (Å²) in [5.74, 6) is 1.21. The Morgan fingerprint density at radius 2 is 1.71 bits per heavy atom. The highest BCUT2D eigenvalue weighted by atomic mass is 32.1. The van der Waals surface area contributed by atoms with Crippen molar-refractivity contribution < 1.29 is 14.3 Å². The van der Waals surface area contributed by atoms with Crippen molar-refractivity contribution in [1.82, 2.24) is 10.2 Å². The van der Waals surface area contributed by atoms with Crippen LogP contribution in [0.15, 0.2) is 66.7 Å². The molecule has 0 radical (unpaired) electrons. The molecule has 0 bridgehead atoms. The van der Waals surface area contributed by atoms with Gasteiger partial charge in [-0.15, -0.1) is 10.2 Å². The number of carbonyl (C=O) groups is 1. The topological polar surface area (TPSA) is 73.3 Å². The van der Waals surface area contributed by atoms with E-state index in [1.54, 1.807) is 31.4 Å². The molecule has 4 aromatic rings. The summed E-state index contributed by atoms with van der Waals surface area (Å²) in [6.07, 6.45) is 0. The summed E-state index contributed by atoms with van der Waals surface area (Å²) in [7, 11) is 1.58. The molecule has 0 aliphatic heterocycles. The van der Waals surface area contributed by atoms with Crippen LogP contribution in [0.3, 0.4) is 0 Å². The summed E-state index contributed by atoms with van der Waals surface area (Å²) in [6, 6.07) is 20.9. The molecule has 0 saturated heterocycles. The van der Waals surface area contributed by atoms with E-state index in [9.17, 15) is 4.79 Å². The second kappa shape index (κ2) is 8.06. The Morgan fingerprint density at radius 3 is 2.50 bits per heavy atom. The van der Waals surface area contributed by atoms with E-state index in [0.29, 0.717) is 21.5 Å². The smallest absolute Gasteiger partial charge is 0.257 e. The SMILES string of the molecule is COc1ccc(C(=O)Nc2nnc(COc3ccc4ccccc4c3)s2)cc1. The number of nitrogens with zero attached hydrogens (tertiary/aromatic N) is 2. The number of amides is 1. The van der Waals surface area contributed by atoms with Gasteiger partial charge in [0, 0.05) is 5.56 Å². The average Bonchev–Trinajstić information content (AvgIpc) is 3.19. The van der Waals surface area contributed by atoms with E-state index in [0.717, 1.165) is 16.5 Å². The number of aromatic nitrogens is 2. The van der Waals surface area contributed by atoms with Crippen LogP contribution >= 0.6 is 11.3 Å². The van der Waals surface area contributed by atoms with E-state index in [4.69, 9.17) is 9.47 Å². The Balaban J connectivity index is 1.37. The van der Waals surface area contributed by atoms with E-state index in [1.807, 2.05) is 36.4 Å². The highest BCUT2D eigenvalue weighted by Gasteiger charge is 2.11. The third kappa shape index (κ3) is 4.10. The van der Waals surface area contributed by atoms with Gasteiger partial charge >= 0.3 is 0 Å². The van der Waals surface area contributed by atoms with Crippen molar-refractivity contribution >= 4 is 33.1 Å². The third-order valence-electron chi connectivity index (χ3n) is 4.12. The average molecular weight is 391 g/mol. The fourth-order valence-corrected chi connectivity index (χ4v) is 3.32. The summed E-state index contributed by atoms with van der Waals surface area (Å²) in [5.41, 5.74) is 0.518. The summed E-state index contributed by atoms with van der Waals surface area (Å²) in [5, 5.41) is 14.2. The molecule has 140 valence electrons. The molecule has 1 heterocycles. The molecule has 0 aliphatic carbocycles. The lowest BCUT2D eigenvalue weighted by molar-refractivity contribution is 0.102. The maximum Gasteiger partial charge on any atom is 0.257 e. The van der Waals surface area contributed by atoms with Crippen LogP contribution in [-0.4, -0.2) is 23.2 Å². The van der Waals surface area contributed by atoms with Gasteiger partial charge in [-0.05, 0) is 47.2 Å². The van der Waals surface area contributed by atoms with Gasteiger partial charge in [0.15, 0.2) is 5.01 Å². The highest BCUT2D eigenvalue weighted by Crippen LogP contribution is 2.23. The van der Waals surface area contributed by atoms with Gasteiger partial charge in [-0.3, -0.25) is 10.1 Å². The number of anilines is 1. The van der Waals surface area contributed by atoms with Crippen LogP contribution in [0.4, 0.5) is 5.13 Å². The zero-order valence-electron chi connectivity index (χ0n) is 15.1. The molecule has 0 aliphatic rings. The van der Waals surface area contributed by atoms with Crippen molar-refractivity contribution in [3.63, 3.8) is 0 Å². The van der Waals surface area contributed by atoms with Gasteiger partial charge in [0.1, 0.15) is 18.1 Å². The maximum absolute atomic E-state index is 12.3. The van der Waals surface area contributed by atoms with Crippen LogP contribution in [0.5, 0.6) is 11.5 Å². The van der Waals surface area contributed by atoms with Crippen molar-refractivity contribution in [1.29, 1.82) is 0 Å². The molecule has 0 spiro atoms. The van der Waals surface area contributed by atoms with Gasteiger partial charge in [0.05, 0.1) is 7.11 Å². The van der Waals surface area contributed by atoms with Crippen molar-refractivity contribution in [3.8, 4) is 11.5 Å². The molecule has 0 fully saturated rings. The number of rotatable bonds is 6. The Bertz CT molecular complexity index is 1110. The maximum atomic E-state index is 12.3. The van der Waals surface area contributed by atoms with E-state index in [-0.39, 0.29) is 12.5 Å². The second-order valence-electron chi connectivity index (χ2n) is 5.98. The summed E-state index contributed by atoms with van der Waals surface area (Å²) < 4.78 is 10.9. The predicted molar refractivity (Wildman–Crippen MR) is 109 cm³/mol. The van der Waals surface area contributed by atoms with Crippen LogP contribution in [0, 0.1) is 0 Å². The first-order valence-corrected chi connectivity index (χ1v) is 9.42. The highest BCUT2D eigenvalue weighted by molar-refractivity contribution is 7.15. The zero-order valence-corrected chi connectivity index (χ0v) is 15.9. The molecule has 1 aromatic heterocycles. The van der Waals surface area contributed by atoms with E-state index < -0.39 is 0 Å². The zero-order chi connectivity index (χ0) is 19.3. The first kappa shape index (κ1) is 17.9. The molecule has 0 atom stereocenters. The van der Waals surface area contributed by atoms with Crippen LogP contribution in [-0.2, 0) is 6.61 Å². The number of benzene rings is 3. The van der Waals surface area contributed by atoms with Gasteiger partial charge in [-0.2, -0.15) is 0 Å². The van der Waals surface area contributed by atoms with Crippen molar-refractivity contribution in [2.24, 2.45) is 0 Å². The van der Waals surface area contributed by atoms with Gasteiger partial charge in [-0.25, -0.2) is 0 Å². The fraction of sp³-hybridized carbons (Fsp3) is 0.0952.